The Morgan fingerprint density at radius 1 is 1.08 bits per heavy atom. The first kappa shape index (κ1) is 24.8. The molecule has 0 bridgehead atoms. The smallest absolute Gasteiger partial charge is 0.346 e. The van der Waals surface area contributed by atoms with E-state index in [-0.39, 0.29) is 22.7 Å². The number of alkyl halides is 3. The molecule has 6 heterocycles. The number of fused-ring (bicyclic) bond motifs is 1. The summed E-state index contributed by atoms with van der Waals surface area (Å²) in [6.45, 7) is 2.38. The van der Waals surface area contributed by atoms with Gasteiger partial charge in [-0.05, 0) is 25.0 Å². The highest BCUT2D eigenvalue weighted by atomic mass is 35.5. The zero-order valence-corrected chi connectivity index (χ0v) is 20.7. The van der Waals surface area contributed by atoms with Gasteiger partial charge in [0.1, 0.15) is 17.2 Å². The summed E-state index contributed by atoms with van der Waals surface area (Å²) >= 11 is 6.00. The second-order valence-electron chi connectivity index (χ2n) is 9.61. The van der Waals surface area contributed by atoms with Crippen LogP contribution in [0.15, 0.2) is 43.1 Å². The molecule has 2 aliphatic rings. The fraction of sp³-hybridized carbons (Fsp3) is 0.360. The number of piperidine rings is 1. The molecule has 4 aromatic rings. The van der Waals surface area contributed by atoms with Gasteiger partial charge >= 0.3 is 6.18 Å². The number of aromatic amines is 1. The minimum atomic E-state index is -4.66. The fourth-order valence-electron chi connectivity index (χ4n) is 5.26. The summed E-state index contributed by atoms with van der Waals surface area (Å²) < 4.78 is 55.5. The highest BCUT2D eigenvalue weighted by molar-refractivity contribution is 6.33. The van der Waals surface area contributed by atoms with Gasteiger partial charge in [0.15, 0.2) is 0 Å². The minimum Gasteiger partial charge on any atom is -0.346 e. The molecule has 38 heavy (non-hydrogen) atoms. The van der Waals surface area contributed by atoms with Crippen molar-refractivity contribution in [1.82, 2.24) is 34.5 Å². The van der Waals surface area contributed by atoms with Crippen molar-refractivity contribution in [2.75, 3.05) is 26.2 Å². The number of rotatable bonds is 4. The van der Waals surface area contributed by atoms with Gasteiger partial charge in [-0.2, -0.15) is 18.3 Å². The maximum atomic E-state index is 14.6. The molecule has 0 unspecified atom stereocenters. The highest BCUT2D eigenvalue weighted by Gasteiger charge is 2.38. The predicted molar refractivity (Wildman–Crippen MR) is 131 cm³/mol. The molecule has 8 nitrogen and oxygen atoms in total. The Bertz CT molecular complexity index is 1500. The Morgan fingerprint density at radius 2 is 1.84 bits per heavy atom. The zero-order chi connectivity index (χ0) is 26.6. The van der Waals surface area contributed by atoms with Gasteiger partial charge in [0.25, 0.3) is 5.91 Å². The molecule has 2 saturated heterocycles. The first-order chi connectivity index (χ1) is 18.2. The molecule has 0 saturated carbocycles. The molecule has 1 amide bonds. The Balaban J connectivity index is 1.06. The Kier molecular flexibility index (Phi) is 6.10. The van der Waals surface area contributed by atoms with Crippen LogP contribution < -0.4 is 0 Å². The van der Waals surface area contributed by atoms with E-state index < -0.39 is 23.6 Å². The first-order valence-corrected chi connectivity index (χ1v) is 12.5. The molecule has 0 spiro atoms. The second-order valence-corrected chi connectivity index (χ2v) is 10.0. The van der Waals surface area contributed by atoms with E-state index in [1.807, 2.05) is 10.9 Å². The van der Waals surface area contributed by atoms with Crippen LogP contribution >= 0.6 is 11.6 Å². The molecule has 0 aromatic carbocycles. The van der Waals surface area contributed by atoms with Gasteiger partial charge < -0.3 is 9.88 Å². The van der Waals surface area contributed by atoms with Crippen molar-refractivity contribution in [2.45, 2.75) is 31.1 Å². The van der Waals surface area contributed by atoms with Gasteiger partial charge in [0.05, 0.1) is 29.0 Å². The van der Waals surface area contributed by atoms with Crippen molar-refractivity contribution in [3.8, 4) is 11.1 Å². The number of amides is 1. The normalized spacial score (nSPS) is 17.8. The van der Waals surface area contributed by atoms with Crippen LogP contribution in [0.1, 0.15) is 34.9 Å². The number of hydrogen-bond acceptors (Lipinski definition) is 5. The van der Waals surface area contributed by atoms with Gasteiger partial charge in [-0.25, -0.2) is 9.37 Å². The monoisotopic (exact) mass is 547 g/mol. The van der Waals surface area contributed by atoms with Crippen molar-refractivity contribution in [3.63, 3.8) is 0 Å². The molecule has 13 heteroatoms. The largest absolute Gasteiger partial charge is 0.433 e. The molecule has 4 aromatic heterocycles. The summed E-state index contributed by atoms with van der Waals surface area (Å²) in [7, 11) is 0. The van der Waals surface area contributed by atoms with Crippen LogP contribution in [0.5, 0.6) is 0 Å². The van der Waals surface area contributed by atoms with E-state index in [2.05, 4.69) is 25.0 Å². The van der Waals surface area contributed by atoms with Crippen molar-refractivity contribution < 1.29 is 22.4 Å². The Morgan fingerprint density at radius 3 is 2.58 bits per heavy atom. The number of H-pyrrole nitrogens is 1. The quantitative estimate of drug-likeness (QED) is 0.371. The van der Waals surface area contributed by atoms with Crippen LogP contribution in [0, 0.1) is 5.82 Å². The lowest BCUT2D eigenvalue weighted by molar-refractivity contribution is -0.141. The van der Waals surface area contributed by atoms with Gasteiger partial charge in [-0.3, -0.25) is 19.4 Å². The molecule has 1 N–H and O–H groups in total. The Labute approximate surface area is 219 Å². The molecule has 0 aliphatic carbocycles. The van der Waals surface area contributed by atoms with Crippen LogP contribution in [-0.4, -0.2) is 72.7 Å². The average Bonchev–Trinajstić information content (AvgIpc) is 3.53. The van der Waals surface area contributed by atoms with Crippen LogP contribution in [0.3, 0.4) is 0 Å². The third-order valence-corrected chi connectivity index (χ3v) is 7.64. The molecule has 0 radical (unpaired) electrons. The molecule has 0 atom stereocenters. The van der Waals surface area contributed by atoms with Crippen LogP contribution in [0.2, 0.25) is 5.02 Å². The summed E-state index contributed by atoms with van der Waals surface area (Å²) in [6, 6.07) is 2.90. The first-order valence-electron chi connectivity index (χ1n) is 12.1. The Hall–Kier alpha value is -3.51. The standard InChI is InChI=1S/C25H22ClF4N7O/c26-19-9-32-21(25(28,29)30)7-18(19)24(38)35-5-2-15(3-6-35)36-12-16(13-36)37-11-14(8-34-37)22-17-1-4-31-23(17)33-10-20(22)27/h1,4,7-11,15-16H,2-3,5-6,12-13H2,(H,31,33). The van der Waals surface area contributed by atoms with Crippen molar-refractivity contribution >= 4 is 28.5 Å². The maximum Gasteiger partial charge on any atom is 0.433 e. The summed E-state index contributed by atoms with van der Waals surface area (Å²) in [6.07, 6.45) is 4.04. The van der Waals surface area contributed by atoms with Crippen LogP contribution in [-0.2, 0) is 6.18 Å². The summed E-state index contributed by atoms with van der Waals surface area (Å²) in [5.74, 6) is -0.928. The van der Waals surface area contributed by atoms with E-state index in [1.54, 1.807) is 23.4 Å². The van der Waals surface area contributed by atoms with E-state index in [0.717, 1.165) is 19.3 Å². The SMILES string of the molecule is O=C(c1cc(C(F)(F)F)ncc1Cl)N1CCC(N2CC(n3cc(-c4c(F)cnc5[nH]ccc45)cn3)C2)CC1. The molecule has 198 valence electrons. The number of hydrogen-bond donors (Lipinski definition) is 1. The molecular formula is C25H22ClF4N7O. The van der Waals surface area contributed by atoms with Gasteiger partial charge in [-0.1, -0.05) is 11.6 Å². The molecular weight excluding hydrogens is 526 g/mol. The van der Waals surface area contributed by atoms with Crippen LogP contribution in [0.25, 0.3) is 22.2 Å². The van der Waals surface area contributed by atoms with E-state index in [0.29, 0.717) is 54.2 Å². The van der Waals surface area contributed by atoms with E-state index >= 15 is 0 Å². The van der Waals surface area contributed by atoms with Gasteiger partial charge in [0.2, 0.25) is 0 Å². The van der Waals surface area contributed by atoms with Crippen molar-refractivity contribution in [1.29, 1.82) is 0 Å². The molecule has 6 rings (SSSR count). The van der Waals surface area contributed by atoms with Crippen molar-refractivity contribution in [2.24, 2.45) is 0 Å². The topological polar surface area (TPSA) is 82.9 Å². The summed E-state index contributed by atoms with van der Waals surface area (Å²) in [5, 5.41) is 5.07. The third kappa shape index (κ3) is 4.41. The van der Waals surface area contributed by atoms with E-state index in [9.17, 15) is 22.4 Å². The molecule has 2 aliphatic heterocycles. The number of pyridine rings is 2. The van der Waals surface area contributed by atoms with Gasteiger partial charge in [0, 0.05) is 67.3 Å². The van der Waals surface area contributed by atoms with Gasteiger partial charge in [-0.15, -0.1) is 0 Å². The molecule has 2 fully saturated rings. The number of nitrogens with zero attached hydrogens (tertiary/aromatic N) is 6. The van der Waals surface area contributed by atoms with Crippen LogP contribution in [0.4, 0.5) is 17.6 Å². The average molecular weight is 548 g/mol. The van der Waals surface area contributed by atoms with E-state index in [4.69, 9.17) is 11.6 Å². The second kappa shape index (κ2) is 9.35. The highest BCUT2D eigenvalue weighted by Crippen LogP contribution is 2.34. The summed E-state index contributed by atoms with van der Waals surface area (Å²) in [4.78, 5) is 27.1. The number of carbonyl (C=O) groups is 1. The fourth-order valence-corrected chi connectivity index (χ4v) is 5.44. The number of halogens is 5. The lowest BCUT2D eigenvalue weighted by atomic mass is 9.97. The lowest BCUT2D eigenvalue weighted by Gasteiger charge is -2.47. The zero-order valence-electron chi connectivity index (χ0n) is 19.9. The minimum absolute atomic E-state index is 0.0989. The maximum absolute atomic E-state index is 14.6. The van der Waals surface area contributed by atoms with E-state index in [1.165, 1.54) is 6.20 Å². The number of carbonyl (C=O) groups excluding carboxylic acids is 1. The summed E-state index contributed by atoms with van der Waals surface area (Å²) in [5.41, 5.74) is 0.433. The number of likely N-dealkylation sites (tertiary alicyclic amines) is 2. The number of nitrogens with one attached hydrogen (secondary N) is 1. The predicted octanol–water partition coefficient (Wildman–Crippen LogP) is 4.79. The third-order valence-electron chi connectivity index (χ3n) is 7.34. The lowest BCUT2D eigenvalue weighted by Crippen LogP contribution is -2.56. The van der Waals surface area contributed by atoms with Crippen molar-refractivity contribution in [3.05, 3.63) is 65.2 Å². The number of aromatic nitrogens is 5.